The van der Waals surface area contributed by atoms with Crippen molar-refractivity contribution in [3.05, 3.63) is 22.2 Å². The maximum atomic E-state index is 11.7. The fraction of sp³-hybridized carbons (Fsp3) is 0.400. The van der Waals surface area contributed by atoms with Crippen LogP contribution in [0.2, 0.25) is 0 Å². The molecule has 0 unspecified atom stereocenters. The molecule has 2 heterocycles. The second kappa shape index (κ2) is 3.77. The molecular formula is C10H14N6O. The maximum Gasteiger partial charge on any atom is 0.280 e. The van der Waals surface area contributed by atoms with Gasteiger partial charge >= 0.3 is 0 Å². The Kier molecular flexibility index (Phi) is 2.55. The van der Waals surface area contributed by atoms with E-state index >= 15 is 0 Å². The summed E-state index contributed by atoms with van der Waals surface area (Å²) in [5.41, 5.74) is 5.80. The molecule has 4 N–H and O–H groups in total. The van der Waals surface area contributed by atoms with Crippen molar-refractivity contribution >= 4 is 17.1 Å². The molecule has 17 heavy (non-hydrogen) atoms. The number of anilines is 1. The predicted molar refractivity (Wildman–Crippen MR) is 64.5 cm³/mol. The van der Waals surface area contributed by atoms with Crippen LogP contribution in [0.4, 0.5) is 5.95 Å². The molecule has 0 aliphatic carbocycles. The summed E-state index contributed by atoms with van der Waals surface area (Å²) in [4.78, 5) is 26.4. The van der Waals surface area contributed by atoms with E-state index in [0.717, 1.165) is 0 Å². The maximum absolute atomic E-state index is 11.7. The molecule has 2 aromatic heterocycles. The highest BCUT2D eigenvalue weighted by Crippen LogP contribution is 2.17. The quantitative estimate of drug-likeness (QED) is 0.661. The highest BCUT2D eigenvalue weighted by atomic mass is 16.1. The molecule has 0 atom stereocenters. The fourth-order valence-electron chi connectivity index (χ4n) is 1.36. The monoisotopic (exact) mass is 234 g/mol. The zero-order valence-corrected chi connectivity index (χ0v) is 9.90. The van der Waals surface area contributed by atoms with E-state index in [1.54, 1.807) is 6.20 Å². The van der Waals surface area contributed by atoms with E-state index in [1.807, 2.05) is 20.9 Å². The van der Waals surface area contributed by atoms with Crippen molar-refractivity contribution in [2.45, 2.75) is 19.4 Å². The number of fused-ring (bicyclic) bond motifs is 1. The summed E-state index contributed by atoms with van der Waals surface area (Å²) in [5, 5.41) is 3.09. The first kappa shape index (κ1) is 11.5. The standard InChI is InChI=1S/C10H14N6O/c1-10(2,12-3)5-4-13-7-6(14-5)8(17)16-9(11)15-7/h4,12H,1-3H3,(H3,11,13,15,16,17). The van der Waals surface area contributed by atoms with Crippen LogP contribution in [0.1, 0.15) is 19.5 Å². The van der Waals surface area contributed by atoms with Crippen LogP contribution in [0.5, 0.6) is 0 Å². The number of H-pyrrole nitrogens is 1. The molecule has 0 bridgehead atoms. The van der Waals surface area contributed by atoms with Crippen LogP contribution in [-0.4, -0.2) is 27.0 Å². The zero-order chi connectivity index (χ0) is 12.6. The van der Waals surface area contributed by atoms with Crippen LogP contribution in [-0.2, 0) is 5.54 Å². The van der Waals surface area contributed by atoms with Gasteiger partial charge in [-0.15, -0.1) is 0 Å². The molecule has 0 aromatic carbocycles. The number of rotatable bonds is 2. The number of nitrogens with zero attached hydrogens (tertiary/aromatic N) is 3. The Labute approximate surface area is 97.5 Å². The lowest BCUT2D eigenvalue weighted by Crippen LogP contribution is -2.34. The molecule has 0 fully saturated rings. The molecule has 0 aliphatic rings. The molecule has 0 saturated heterocycles. The van der Waals surface area contributed by atoms with Gasteiger partial charge in [-0.1, -0.05) is 0 Å². The van der Waals surface area contributed by atoms with Gasteiger partial charge < -0.3 is 11.1 Å². The van der Waals surface area contributed by atoms with Crippen LogP contribution in [0, 0.1) is 0 Å². The van der Waals surface area contributed by atoms with Gasteiger partial charge in [-0.25, -0.2) is 9.97 Å². The van der Waals surface area contributed by atoms with Gasteiger partial charge in [0.1, 0.15) is 0 Å². The van der Waals surface area contributed by atoms with Crippen LogP contribution in [0.15, 0.2) is 11.0 Å². The Bertz CT molecular complexity index is 618. The zero-order valence-electron chi connectivity index (χ0n) is 9.90. The van der Waals surface area contributed by atoms with Gasteiger partial charge in [0.05, 0.1) is 17.4 Å². The highest BCUT2D eigenvalue weighted by molar-refractivity contribution is 5.69. The van der Waals surface area contributed by atoms with Crippen molar-refractivity contribution in [3.8, 4) is 0 Å². The lowest BCUT2D eigenvalue weighted by molar-refractivity contribution is 0.431. The van der Waals surface area contributed by atoms with Gasteiger partial charge in [0, 0.05) is 0 Å². The van der Waals surface area contributed by atoms with Crippen LogP contribution >= 0.6 is 0 Å². The Morgan fingerprint density at radius 1 is 1.41 bits per heavy atom. The van der Waals surface area contributed by atoms with Crippen LogP contribution < -0.4 is 16.6 Å². The lowest BCUT2D eigenvalue weighted by atomic mass is 10.0. The van der Waals surface area contributed by atoms with Crippen molar-refractivity contribution in [2.75, 3.05) is 12.8 Å². The minimum Gasteiger partial charge on any atom is -0.369 e. The van der Waals surface area contributed by atoms with Crippen molar-refractivity contribution in [1.82, 2.24) is 25.3 Å². The summed E-state index contributed by atoms with van der Waals surface area (Å²) in [6.45, 7) is 3.89. The second-order valence-corrected chi connectivity index (χ2v) is 4.25. The van der Waals surface area contributed by atoms with Gasteiger partial charge in [0.2, 0.25) is 5.95 Å². The van der Waals surface area contributed by atoms with E-state index in [1.165, 1.54) is 0 Å². The molecule has 0 saturated carbocycles. The first-order valence-electron chi connectivity index (χ1n) is 5.16. The Morgan fingerprint density at radius 2 is 2.12 bits per heavy atom. The van der Waals surface area contributed by atoms with Gasteiger partial charge in [-0.05, 0) is 20.9 Å². The summed E-state index contributed by atoms with van der Waals surface area (Å²) in [7, 11) is 1.82. The molecule has 0 aliphatic heterocycles. The minimum absolute atomic E-state index is 0.0393. The van der Waals surface area contributed by atoms with Gasteiger partial charge in [-0.3, -0.25) is 9.78 Å². The third-order valence-corrected chi connectivity index (χ3v) is 2.70. The first-order chi connectivity index (χ1) is 7.94. The molecule has 0 spiro atoms. The van der Waals surface area contributed by atoms with Crippen molar-refractivity contribution in [1.29, 1.82) is 0 Å². The van der Waals surface area contributed by atoms with Gasteiger partial charge in [-0.2, -0.15) is 4.98 Å². The number of aromatic nitrogens is 4. The van der Waals surface area contributed by atoms with E-state index < -0.39 is 0 Å². The summed E-state index contributed by atoms with van der Waals surface area (Å²) in [6, 6.07) is 0. The Morgan fingerprint density at radius 3 is 2.76 bits per heavy atom. The van der Waals surface area contributed by atoms with E-state index in [-0.39, 0.29) is 28.2 Å². The van der Waals surface area contributed by atoms with Crippen LogP contribution in [0.3, 0.4) is 0 Å². The average Bonchev–Trinajstić information content (AvgIpc) is 2.28. The number of nitrogens with one attached hydrogen (secondary N) is 2. The molecule has 2 aromatic rings. The van der Waals surface area contributed by atoms with Gasteiger partial charge in [0.15, 0.2) is 11.2 Å². The summed E-state index contributed by atoms with van der Waals surface area (Å²) in [6.07, 6.45) is 1.59. The van der Waals surface area contributed by atoms with Gasteiger partial charge in [0.25, 0.3) is 5.56 Å². The number of hydrogen-bond donors (Lipinski definition) is 3. The Balaban J connectivity index is 2.70. The molecule has 0 amide bonds. The summed E-state index contributed by atoms with van der Waals surface area (Å²) in [5.74, 6) is 0.0393. The molecule has 90 valence electrons. The molecule has 2 rings (SSSR count). The normalized spacial score (nSPS) is 11.9. The third kappa shape index (κ3) is 1.96. The van der Waals surface area contributed by atoms with Crippen molar-refractivity contribution in [3.63, 3.8) is 0 Å². The number of nitrogens with two attached hydrogens (primary N) is 1. The number of aromatic amines is 1. The fourth-order valence-corrected chi connectivity index (χ4v) is 1.36. The number of hydrogen-bond acceptors (Lipinski definition) is 6. The SMILES string of the molecule is CNC(C)(C)c1cnc2nc(N)[nH]c(=O)c2n1. The minimum atomic E-state index is -0.381. The predicted octanol–water partition coefficient (Wildman–Crippen LogP) is -0.250. The second-order valence-electron chi connectivity index (χ2n) is 4.25. The largest absolute Gasteiger partial charge is 0.369 e. The molecule has 7 nitrogen and oxygen atoms in total. The highest BCUT2D eigenvalue weighted by Gasteiger charge is 2.21. The smallest absolute Gasteiger partial charge is 0.280 e. The van der Waals surface area contributed by atoms with Crippen molar-refractivity contribution < 1.29 is 0 Å². The van der Waals surface area contributed by atoms with E-state index in [0.29, 0.717) is 5.69 Å². The van der Waals surface area contributed by atoms with Crippen molar-refractivity contribution in [2.24, 2.45) is 0 Å². The van der Waals surface area contributed by atoms with Crippen LogP contribution in [0.25, 0.3) is 11.2 Å². The first-order valence-corrected chi connectivity index (χ1v) is 5.16. The third-order valence-electron chi connectivity index (χ3n) is 2.70. The lowest BCUT2D eigenvalue weighted by Gasteiger charge is -2.22. The molecular weight excluding hydrogens is 220 g/mol. The number of nitrogen functional groups attached to an aromatic ring is 1. The average molecular weight is 234 g/mol. The van der Waals surface area contributed by atoms with E-state index in [4.69, 9.17) is 5.73 Å². The topological polar surface area (TPSA) is 110 Å². The molecule has 7 heteroatoms. The Hall–Kier alpha value is -2.02. The summed E-state index contributed by atoms with van der Waals surface area (Å²) >= 11 is 0. The summed E-state index contributed by atoms with van der Waals surface area (Å²) < 4.78 is 0. The van der Waals surface area contributed by atoms with E-state index in [2.05, 4.69) is 25.3 Å². The van der Waals surface area contributed by atoms with E-state index in [9.17, 15) is 4.79 Å². The molecule has 0 radical (unpaired) electrons.